The number of ether oxygens (including phenoxy) is 2. The summed E-state index contributed by atoms with van der Waals surface area (Å²) in [5.41, 5.74) is 0. The fourth-order valence-corrected chi connectivity index (χ4v) is 2.27. The summed E-state index contributed by atoms with van der Waals surface area (Å²) in [7, 11) is 0. The number of carbonyl (C=O) groups excluding carboxylic acids is 2. The number of carbonyl (C=O) groups is 2. The Bertz CT molecular complexity index is 375. The van der Waals surface area contributed by atoms with Gasteiger partial charge in [0.1, 0.15) is 5.76 Å². The Morgan fingerprint density at radius 3 is 2.85 bits per heavy atom. The molecule has 112 valence electrons. The summed E-state index contributed by atoms with van der Waals surface area (Å²) in [5, 5.41) is 2.92. The molecule has 1 saturated heterocycles. The first-order chi connectivity index (χ1) is 9.74. The Kier molecular flexibility index (Phi) is 6.01. The maximum Gasteiger partial charge on any atom is 0.314 e. The van der Waals surface area contributed by atoms with Crippen LogP contribution in [0.1, 0.15) is 25.7 Å². The first-order valence-corrected chi connectivity index (χ1v) is 7.20. The van der Waals surface area contributed by atoms with Gasteiger partial charge in [-0.3, -0.25) is 14.5 Å². The smallest absolute Gasteiger partial charge is 0.314 e. The molecule has 1 amide bonds. The lowest BCUT2D eigenvalue weighted by Gasteiger charge is -2.26. The molecule has 0 aromatic heterocycles. The number of hydrogen-bond donors (Lipinski definition) is 1. The van der Waals surface area contributed by atoms with Crippen LogP contribution < -0.4 is 5.32 Å². The highest BCUT2D eigenvalue weighted by Crippen LogP contribution is 2.16. The lowest BCUT2D eigenvalue weighted by molar-refractivity contribution is -0.136. The molecule has 0 atom stereocenters. The maximum atomic E-state index is 11.6. The van der Waals surface area contributed by atoms with Gasteiger partial charge in [0.2, 0.25) is 5.91 Å². The van der Waals surface area contributed by atoms with E-state index >= 15 is 0 Å². The lowest BCUT2D eigenvalue weighted by atomic mass is 10.2. The van der Waals surface area contributed by atoms with Crippen LogP contribution in [0.2, 0.25) is 0 Å². The third kappa shape index (κ3) is 5.30. The molecule has 2 rings (SSSR count). The van der Waals surface area contributed by atoms with E-state index in [0.29, 0.717) is 38.0 Å². The molecule has 1 fully saturated rings. The van der Waals surface area contributed by atoms with E-state index < -0.39 is 0 Å². The normalized spacial score (nSPS) is 19.6. The highest BCUT2D eigenvalue weighted by Gasteiger charge is 2.14. The summed E-state index contributed by atoms with van der Waals surface area (Å²) in [5.74, 6) is 0.564. The van der Waals surface area contributed by atoms with Gasteiger partial charge in [-0.2, -0.15) is 0 Å². The molecule has 6 heteroatoms. The molecule has 0 bridgehead atoms. The van der Waals surface area contributed by atoms with Crippen molar-refractivity contribution in [2.24, 2.45) is 0 Å². The molecule has 2 heterocycles. The number of hydrogen-bond acceptors (Lipinski definition) is 5. The number of rotatable bonds is 7. The fraction of sp³-hybridized carbons (Fsp3) is 0.714. The first-order valence-electron chi connectivity index (χ1n) is 7.20. The zero-order valence-electron chi connectivity index (χ0n) is 11.7. The van der Waals surface area contributed by atoms with E-state index in [4.69, 9.17) is 9.47 Å². The number of amides is 1. The third-order valence-corrected chi connectivity index (χ3v) is 3.42. The maximum absolute atomic E-state index is 11.6. The van der Waals surface area contributed by atoms with E-state index in [2.05, 4.69) is 10.2 Å². The highest BCUT2D eigenvalue weighted by atomic mass is 16.5. The van der Waals surface area contributed by atoms with E-state index in [1.165, 1.54) is 0 Å². The van der Waals surface area contributed by atoms with Gasteiger partial charge in [0.05, 0.1) is 19.6 Å². The van der Waals surface area contributed by atoms with E-state index in [1.54, 1.807) is 6.08 Å². The Hall–Kier alpha value is -1.40. The second kappa shape index (κ2) is 8.01. The summed E-state index contributed by atoms with van der Waals surface area (Å²) in [6.07, 6.45) is 3.99. The van der Waals surface area contributed by atoms with Crippen molar-refractivity contribution in [3.05, 3.63) is 11.8 Å². The van der Waals surface area contributed by atoms with Gasteiger partial charge < -0.3 is 14.8 Å². The molecule has 0 saturated carbocycles. The zero-order valence-corrected chi connectivity index (χ0v) is 11.7. The molecular formula is C14H22N2O4. The molecular weight excluding hydrogens is 260 g/mol. The largest absolute Gasteiger partial charge is 0.431 e. The lowest BCUT2D eigenvalue weighted by Crippen LogP contribution is -2.41. The highest BCUT2D eigenvalue weighted by molar-refractivity contribution is 5.76. The summed E-state index contributed by atoms with van der Waals surface area (Å²) in [4.78, 5) is 24.8. The van der Waals surface area contributed by atoms with Gasteiger partial charge in [0, 0.05) is 39.0 Å². The van der Waals surface area contributed by atoms with Gasteiger partial charge in [-0.05, 0) is 12.5 Å². The van der Waals surface area contributed by atoms with Crippen molar-refractivity contribution in [1.82, 2.24) is 10.2 Å². The van der Waals surface area contributed by atoms with Crippen molar-refractivity contribution >= 4 is 11.9 Å². The predicted octanol–water partition coefficient (Wildman–Crippen LogP) is 0.436. The van der Waals surface area contributed by atoms with Crippen molar-refractivity contribution < 1.29 is 19.1 Å². The zero-order chi connectivity index (χ0) is 14.2. The Labute approximate surface area is 119 Å². The minimum atomic E-state index is -0.199. The fourth-order valence-electron chi connectivity index (χ4n) is 2.27. The number of nitrogens with one attached hydrogen (secondary N) is 1. The van der Waals surface area contributed by atoms with Crippen LogP contribution in [0.15, 0.2) is 11.8 Å². The van der Waals surface area contributed by atoms with Crippen molar-refractivity contribution in [3.8, 4) is 0 Å². The van der Waals surface area contributed by atoms with E-state index in [0.717, 1.165) is 32.8 Å². The summed E-state index contributed by atoms with van der Waals surface area (Å²) >= 11 is 0. The van der Waals surface area contributed by atoms with Crippen LogP contribution in [-0.4, -0.2) is 56.2 Å². The standard InChI is InChI=1S/C14H22N2O4/c17-13(3-1-2-12-4-5-14(18)20-12)15-6-7-16-8-10-19-11-9-16/h4H,1-3,5-11H2,(H,15,17). The molecule has 0 radical (unpaired) electrons. The van der Waals surface area contributed by atoms with E-state index in [1.807, 2.05) is 0 Å². The first kappa shape index (κ1) is 15.0. The Morgan fingerprint density at radius 1 is 1.35 bits per heavy atom. The molecule has 2 aliphatic heterocycles. The second-order valence-electron chi connectivity index (χ2n) is 5.01. The summed E-state index contributed by atoms with van der Waals surface area (Å²) in [6.45, 7) is 4.99. The average molecular weight is 282 g/mol. The van der Waals surface area contributed by atoms with Crippen molar-refractivity contribution in [1.29, 1.82) is 0 Å². The average Bonchev–Trinajstić information content (AvgIpc) is 2.86. The molecule has 0 aromatic carbocycles. The van der Waals surface area contributed by atoms with Crippen LogP contribution in [-0.2, 0) is 19.1 Å². The van der Waals surface area contributed by atoms with Gasteiger partial charge in [-0.25, -0.2) is 0 Å². The molecule has 2 aliphatic rings. The van der Waals surface area contributed by atoms with Gasteiger partial charge in [-0.15, -0.1) is 0 Å². The van der Waals surface area contributed by atoms with Gasteiger partial charge in [-0.1, -0.05) is 0 Å². The Balaban J connectivity index is 1.48. The summed E-state index contributed by atoms with van der Waals surface area (Å²) in [6, 6.07) is 0. The number of esters is 1. The number of cyclic esters (lactones) is 1. The molecule has 1 N–H and O–H groups in total. The van der Waals surface area contributed by atoms with Crippen LogP contribution in [0.4, 0.5) is 0 Å². The van der Waals surface area contributed by atoms with E-state index in [9.17, 15) is 9.59 Å². The van der Waals surface area contributed by atoms with Crippen molar-refractivity contribution in [2.45, 2.75) is 25.7 Å². The molecule has 6 nitrogen and oxygen atoms in total. The minimum absolute atomic E-state index is 0.0585. The molecule has 0 aromatic rings. The van der Waals surface area contributed by atoms with Crippen LogP contribution in [0.3, 0.4) is 0 Å². The van der Waals surface area contributed by atoms with Crippen LogP contribution >= 0.6 is 0 Å². The number of allylic oxidation sites excluding steroid dienone is 1. The van der Waals surface area contributed by atoms with Crippen LogP contribution in [0.5, 0.6) is 0 Å². The van der Waals surface area contributed by atoms with Gasteiger partial charge in [0.25, 0.3) is 0 Å². The quantitative estimate of drug-likeness (QED) is 0.686. The van der Waals surface area contributed by atoms with E-state index in [-0.39, 0.29) is 11.9 Å². The van der Waals surface area contributed by atoms with Crippen molar-refractivity contribution in [3.63, 3.8) is 0 Å². The SMILES string of the molecule is O=C(CCCC1=CCC(=O)O1)NCCN1CCOCC1. The Morgan fingerprint density at radius 2 is 2.15 bits per heavy atom. The second-order valence-corrected chi connectivity index (χ2v) is 5.01. The molecule has 20 heavy (non-hydrogen) atoms. The topological polar surface area (TPSA) is 67.9 Å². The third-order valence-electron chi connectivity index (χ3n) is 3.42. The van der Waals surface area contributed by atoms with Gasteiger partial charge in [0.15, 0.2) is 0 Å². The number of morpholine rings is 1. The minimum Gasteiger partial charge on any atom is -0.431 e. The van der Waals surface area contributed by atoms with Crippen LogP contribution in [0, 0.1) is 0 Å². The summed E-state index contributed by atoms with van der Waals surface area (Å²) < 4.78 is 10.2. The molecule has 0 unspecified atom stereocenters. The van der Waals surface area contributed by atoms with Crippen LogP contribution in [0.25, 0.3) is 0 Å². The van der Waals surface area contributed by atoms with Crippen molar-refractivity contribution in [2.75, 3.05) is 39.4 Å². The predicted molar refractivity (Wildman–Crippen MR) is 72.9 cm³/mol. The van der Waals surface area contributed by atoms with Gasteiger partial charge >= 0.3 is 5.97 Å². The monoisotopic (exact) mass is 282 g/mol. The number of nitrogens with zero attached hydrogens (tertiary/aromatic N) is 1. The molecule has 0 spiro atoms. The molecule has 0 aliphatic carbocycles.